The number of amides is 1. The third-order valence-corrected chi connectivity index (χ3v) is 5.21. The number of benzene rings is 1. The van der Waals surface area contributed by atoms with E-state index in [2.05, 4.69) is 47.7 Å². The molecular formula is C23H28N4O3. The monoisotopic (exact) mass is 408 g/mol. The van der Waals surface area contributed by atoms with Crippen molar-refractivity contribution in [3.05, 3.63) is 58.5 Å². The number of carbonyl (C=O) groups is 2. The van der Waals surface area contributed by atoms with Crippen molar-refractivity contribution in [2.24, 2.45) is 0 Å². The van der Waals surface area contributed by atoms with E-state index in [0.717, 1.165) is 22.7 Å². The molecule has 1 amide bonds. The first-order valence-corrected chi connectivity index (χ1v) is 9.97. The van der Waals surface area contributed by atoms with E-state index in [1.54, 1.807) is 0 Å². The fourth-order valence-corrected chi connectivity index (χ4v) is 3.39. The van der Waals surface area contributed by atoms with Gasteiger partial charge in [0.05, 0.1) is 23.5 Å². The molecule has 2 N–H and O–H groups in total. The van der Waals surface area contributed by atoms with Gasteiger partial charge in [0.25, 0.3) is 0 Å². The van der Waals surface area contributed by atoms with Gasteiger partial charge in [-0.25, -0.2) is 4.98 Å². The Morgan fingerprint density at radius 1 is 1.13 bits per heavy atom. The van der Waals surface area contributed by atoms with Crippen LogP contribution in [0.5, 0.6) is 0 Å². The van der Waals surface area contributed by atoms with Gasteiger partial charge >= 0.3 is 5.97 Å². The summed E-state index contributed by atoms with van der Waals surface area (Å²) >= 11 is 0. The molecule has 0 fully saturated rings. The van der Waals surface area contributed by atoms with Crippen LogP contribution in [0.1, 0.15) is 41.4 Å². The van der Waals surface area contributed by atoms with Gasteiger partial charge in [-0.2, -0.15) is 0 Å². The molecule has 0 unspecified atom stereocenters. The summed E-state index contributed by atoms with van der Waals surface area (Å²) in [6.07, 6.45) is 1.96. The van der Waals surface area contributed by atoms with Crippen molar-refractivity contribution in [1.29, 1.82) is 0 Å². The van der Waals surface area contributed by atoms with Gasteiger partial charge in [-0.3, -0.25) is 9.59 Å². The van der Waals surface area contributed by atoms with Crippen molar-refractivity contribution in [2.75, 3.05) is 17.2 Å². The number of nitrogens with one attached hydrogen (secondary N) is 2. The number of imidazole rings is 1. The Hall–Kier alpha value is -3.35. The summed E-state index contributed by atoms with van der Waals surface area (Å²) in [5, 5.41) is 6.38. The van der Waals surface area contributed by atoms with Gasteiger partial charge in [0.1, 0.15) is 6.61 Å². The first-order chi connectivity index (χ1) is 14.3. The summed E-state index contributed by atoms with van der Waals surface area (Å²) in [7, 11) is 0. The van der Waals surface area contributed by atoms with Gasteiger partial charge in [0, 0.05) is 25.4 Å². The van der Waals surface area contributed by atoms with Crippen LogP contribution in [0.2, 0.25) is 0 Å². The summed E-state index contributed by atoms with van der Waals surface area (Å²) in [5.41, 5.74) is 7.94. The van der Waals surface area contributed by atoms with Gasteiger partial charge in [-0.05, 0) is 50.5 Å². The number of carbonyl (C=O) groups excluding carboxylic acids is 2. The Labute approximate surface area is 176 Å². The van der Waals surface area contributed by atoms with Crippen LogP contribution in [0, 0.1) is 27.7 Å². The van der Waals surface area contributed by atoms with Crippen molar-refractivity contribution in [2.45, 2.75) is 47.6 Å². The van der Waals surface area contributed by atoms with E-state index in [-0.39, 0.29) is 18.9 Å². The molecule has 0 bridgehead atoms. The van der Waals surface area contributed by atoms with E-state index in [4.69, 9.17) is 4.74 Å². The molecule has 0 aliphatic rings. The normalized spacial score (nSPS) is 10.8. The summed E-state index contributed by atoms with van der Waals surface area (Å²) in [4.78, 5) is 27.8. The number of aromatic nitrogens is 2. The van der Waals surface area contributed by atoms with Gasteiger partial charge in [-0.15, -0.1) is 0 Å². The molecule has 3 rings (SSSR count). The Morgan fingerprint density at radius 3 is 2.50 bits per heavy atom. The van der Waals surface area contributed by atoms with Crippen LogP contribution < -0.4 is 10.6 Å². The van der Waals surface area contributed by atoms with Crippen LogP contribution in [0.25, 0.3) is 5.65 Å². The number of rotatable bonds is 7. The third-order valence-electron chi connectivity index (χ3n) is 5.21. The van der Waals surface area contributed by atoms with E-state index in [9.17, 15) is 9.59 Å². The zero-order chi connectivity index (χ0) is 21.8. The molecule has 0 aliphatic heterocycles. The topological polar surface area (TPSA) is 84.7 Å². The number of nitrogens with zero attached hydrogens (tertiary/aromatic N) is 2. The number of aryl methyl sites for hydroxylation is 4. The van der Waals surface area contributed by atoms with E-state index in [1.165, 1.54) is 23.6 Å². The Balaban J connectivity index is 1.86. The van der Waals surface area contributed by atoms with E-state index < -0.39 is 5.97 Å². The van der Waals surface area contributed by atoms with Crippen LogP contribution in [0.15, 0.2) is 30.5 Å². The predicted molar refractivity (Wildman–Crippen MR) is 118 cm³/mol. The average Bonchev–Trinajstić information content (AvgIpc) is 2.95. The maximum atomic E-state index is 12.3. The van der Waals surface area contributed by atoms with Crippen molar-refractivity contribution in [3.8, 4) is 0 Å². The molecule has 0 saturated heterocycles. The lowest BCUT2D eigenvalue weighted by Crippen LogP contribution is -2.16. The number of anilines is 2. The highest BCUT2D eigenvalue weighted by atomic mass is 16.5. The molecule has 7 nitrogen and oxygen atoms in total. The lowest BCUT2D eigenvalue weighted by molar-refractivity contribution is -0.141. The predicted octanol–water partition coefficient (Wildman–Crippen LogP) is 4.07. The highest BCUT2D eigenvalue weighted by Crippen LogP contribution is 2.26. The second kappa shape index (κ2) is 8.98. The summed E-state index contributed by atoms with van der Waals surface area (Å²) < 4.78 is 6.83. The fraction of sp³-hybridized carbons (Fsp3) is 0.348. The molecule has 0 saturated carbocycles. The fourth-order valence-electron chi connectivity index (χ4n) is 3.39. The zero-order valence-electron chi connectivity index (χ0n) is 18.1. The van der Waals surface area contributed by atoms with E-state index in [1.807, 2.05) is 30.5 Å². The van der Waals surface area contributed by atoms with E-state index in [0.29, 0.717) is 12.2 Å². The first-order valence-electron chi connectivity index (χ1n) is 9.97. The molecule has 30 heavy (non-hydrogen) atoms. The number of pyridine rings is 1. The molecule has 1 aromatic carbocycles. The molecule has 0 atom stereocenters. The largest absolute Gasteiger partial charge is 0.465 e. The third kappa shape index (κ3) is 4.79. The average molecular weight is 409 g/mol. The number of hydrogen-bond acceptors (Lipinski definition) is 5. The SMILES string of the molecule is CC(=O)OCCC(=O)Nc1cc(NCc2c(C)cccc2C)c2nc(C)c(C)n2c1. The molecule has 0 spiro atoms. The van der Waals surface area contributed by atoms with Gasteiger partial charge in [-0.1, -0.05) is 18.2 Å². The van der Waals surface area contributed by atoms with E-state index >= 15 is 0 Å². The molecule has 0 radical (unpaired) electrons. The van der Waals surface area contributed by atoms with Crippen LogP contribution in [-0.4, -0.2) is 27.9 Å². The second-order valence-corrected chi connectivity index (χ2v) is 7.48. The minimum atomic E-state index is -0.397. The number of hydrogen-bond donors (Lipinski definition) is 2. The molecule has 158 valence electrons. The minimum Gasteiger partial charge on any atom is -0.465 e. The summed E-state index contributed by atoms with van der Waals surface area (Å²) in [6, 6.07) is 8.14. The number of ether oxygens (including phenoxy) is 1. The van der Waals surface area contributed by atoms with Crippen molar-refractivity contribution in [1.82, 2.24) is 9.38 Å². The highest BCUT2D eigenvalue weighted by Gasteiger charge is 2.13. The maximum absolute atomic E-state index is 12.3. The van der Waals surface area contributed by atoms with Crippen LogP contribution >= 0.6 is 0 Å². The minimum absolute atomic E-state index is 0.0598. The Kier molecular flexibility index (Phi) is 6.40. The molecule has 2 heterocycles. The lowest BCUT2D eigenvalue weighted by Gasteiger charge is -2.15. The summed E-state index contributed by atoms with van der Waals surface area (Å²) in [6.45, 7) is 10.2. The molecule has 0 aliphatic carbocycles. The molecule has 7 heteroatoms. The zero-order valence-corrected chi connectivity index (χ0v) is 18.1. The maximum Gasteiger partial charge on any atom is 0.302 e. The van der Waals surface area contributed by atoms with Crippen molar-refractivity contribution >= 4 is 28.9 Å². The van der Waals surface area contributed by atoms with Gasteiger partial charge in [0.2, 0.25) is 5.91 Å². The standard InChI is InChI=1S/C23H28N4O3/c1-14-7-6-8-15(2)20(14)12-24-21-11-19(26-22(29)9-10-30-18(5)28)13-27-17(4)16(3)25-23(21)27/h6-8,11,13,24H,9-10,12H2,1-5H3,(H,26,29). The smallest absolute Gasteiger partial charge is 0.302 e. The van der Waals surface area contributed by atoms with Gasteiger partial charge in [0.15, 0.2) is 5.65 Å². The quantitative estimate of drug-likeness (QED) is 0.576. The number of fused-ring (bicyclic) bond motifs is 1. The highest BCUT2D eigenvalue weighted by molar-refractivity contribution is 5.92. The molecule has 3 aromatic rings. The lowest BCUT2D eigenvalue weighted by atomic mass is 10.0. The Bertz CT molecular complexity index is 1080. The van der Waals surface area contributed by atoms with Crippen LogP contribution in [0.4, 0.5) is 11.4 Å². The first kappa shape index (κ1) is 21.4. The van der Waals surface area contributed by atoms with Gasteiger partial charge < -0.3 is 19.8 Å². The van der Waals surface area contributed by atoms with Crippen LogP contribution in [-0.2, 0) is 20.9 Å². The van der Waals surface area contributed by atoms with Crippen LogP contribution in [0.3, 0.4) is 0 Å². The van der Waals surface area contributed by atoms with Crippen molar-refractivity contribution in [3.63, 3.8) is 0 Å². The molecule has 2 aromatic heterocycles. The summed E-state index contributed by atoms with van der Waals surface area (Å²) in [5.74, 6) is -0.613. The molecular weight excluding hydrogens is 380 g/mol. The number of esters is 1. The van der Waals surface area contributed by atoms with Crippen molar-refractivity contribution < 1.29 is 14.3 Å². The Morgan fingerprint density at radius 2 is 1.83 bits per heavy atom. The second-order valence-electron chi connectivity index (χ2n) is 7.48.